The number of carbonyl (C=O) groups is 1. The van der Waals surface area contributed by atoms with Gasteiger partial charge < -0.3 is 9.47 Å². The molecule has 0 atom stereocenters. The van der Waals surface area contributed by atoms with Crippen molar-refractivity contribution in [1.82, 2.24) is 19.3 Å². The zero-order chi connectivity index (χ0) is 20.8. The maximum absolute atomic E-state index is 13.3. The fraction of sp³-hybridized carbons (Fsp3) is 0.217. The average Bonchev–Trinajstić information content (AvgIpc) is 3.30. The van der Waals surface area contributed by atoms with E-state index in [1.807, 2.05) is 49.1 Å². The Morgan fingerprint density at radius 1 is 0.967 bits per heavy atom. The lowest BCUT2D eigenvalue weighted by atomic mass is 10.2. The summed E-state index contributed by atoms with van der Waals surface area (Å²) in [4.78, 5) is 31.5. The number of aromatic nitrogens is 4. The molecule has 4 heterocycles. The molecule has 7 heteroatoms. The molecule has 1 aliphatic heterocycles. The van der Waals surface area contributed by atoms with Crippen LogP contribution in [0.25, 0.3) is 22.3 Å². The highest BCUT2D eigenvalue weighted by Crippen LogP contribution is 2.29. The van der Waals surface area contributed by atoms with E-state index in [2.05, 4.69) is 14.6 Å². The number of nitrogens with zero attached hydrogens (tertiary/aromatic N) is 5. The van der Waals surface area contributed by atoms with Gasteiger partial charge >= 0.3 is 0 Å². The number of pyridine rings is 1. The lowest BCUT2D eigenvalue weighted by molar-refractivity contribution is -0.117. The van der Waals surface area contributed by atoms with Crippen molar-refractivity contribution in [3.63, 3.8) is 0 Å². The lowest BCUT2D eigenvalue weighted by Crippen LogP contribution is -2.23. The van der Waals surface area contributed by atoms with Crippen LogP contribution >= 0.6 is 0 Å². The lowest BCUT2D eigenvalue weighted by Gasteiger charge is -2.18. The molecule has 0 bridgehead atoms. The van der Waals surface area contributed by atoms with Crippen molar-refractivity contribution in [2.24, 2.45) is 0 Å². The molecule has 0 spiro atoms. The molecular weight excluding hydrogens is 378 g/mol. The van der Waals surface area contributed by atoms with Gasteiger partial charge in [0, 0.05) is 47.3 Å². The Bertz CT molecular complexity index is 1340. The van der Waals surface area contributed by atoms with Gasteiger partial charge in [-0.1, -0.05) is 12.1 Å². The van der Waals surface area contributed by atoms with Crippen LogP contribution in [0.2, 0.25) is 0 Å². The normalized spacial score (nSPS) is 14.1. The van der Waals surface area contributed by atoms with Gasteiger partial charge in [-0.05, 0) is 50.6 Å². The zero-order valence-electron chi connectivity index (χ0n) is 16.9. The van der Waals surface area contributed by atoms with E-state index in [0.717, 1.165) is 41.1 Å². The van der Waals surface area contributed by atoms with E-state index in [1.54, 1.807) is 24.5 Å². The van der Waals surface area contributed by atoms with Crippen molar-refractivity contribution < 1.29 is 4.79 Å². The molecule has 1 aromatic carbocycles. The highest BCUT2D eigenvalue weighted by atomic mass is 16.2. The van der Waals surface area contributed by atoms with Crippen molar-refractivity contribution in [3.05, 3.63) is 76.6 Å². The molecule has 1 saturated heterocycles. The maximum Gasteiger partial charge on any atom is 0.282 e. The fourth-order valence-electron chi connectivity index (χ4n) is 4.31. The van der Waals surface area contributed by atoms with Gasteiger partial charge in [0.2, 0.25) is 5.91 Å². The minimum atomic E-state index is -0.198. The summed E-state index contributed by atoms with van der Waals surface area (Å²) in [5.74, 6) is 0.643. The van der Waals surface area contributed by atoms with Gasteiger partial charge in [-0.15, -0.1) is 0 Å². The highest BCUT2D eigenvalue weighted by Gasteiger charge is 2.23. The Morgan fingerprint density at radius 3 is 2.53 bits per heavy atom. The molecule has 0 saturated carbocycles. The van der Waals surface area contributed by atoms with Crippen LogP contribution in [0.3, 0.4) is 0 Å². The van der Waals surface area contributed by atoms with Gasteiger partial charge in [0.05, 0.1) is 11.6 Å². The number of benzene rings is 1. The van der Waals surface area contributed by atoms with E-state index in [9.17, 15) is 9.59 Å². The summed E-state index contributed by atoms with van der Waals surface area (Å²) in [6.07, 6.45) is 4.84. The number of amides is 1. The van der Waals surface area contributed by atoms with Crippen LogP contribution in [-0.4, -0.2) is 31.8 Å². The second-order valence-electron chi connectivity index (χ2n) is 7.51. The molecule has 30 heavy (non-hydrogen) atoms. The maximum atomic E-state index is 13.3. The Balaban J connectivity index is 1.69. The zero-order valence-corrected chi connectivity index (χ0v) is 16.9. The molecule has 5 rings (SSSR count). The SMILES string of the molecule is Cc1c2cnn(-c3ccccn3)c(=O)c2c(C)n1-c1cccc(N2CCCC2=O)c1. The van der Waals surface area contributed by atoms with E-state index in [-0.39, 0.29) is 11.5 Å². The second-order valence-corrected chi connectivity index (χ2v) is 7.51. The third kappa shape index (κ3) is 2.74. The van der Waals surface area contributed by atoms with Crippen molar-refractivity contribution in [3.8, 4) is 11.5 Å². The molecule has 0 radical (unpaired) electrons. The number of aryl methyl sites for hydroxylation is 2. The van der Waals surface area contributed by atoms with E-state index < -0.39 is 0 Å². The Kier molecular flexibility index (Phi) is 4.24. The molecular formula is C23H21N5O2. The number of hydrogen-bond donors (Lipinski definition) is 0. The second kappa shape index (κ2) is 6.95. The van der Waals surface area contributed by atoms with Gasteiger partial charge in [-0.2, -0.15) is 9.78 Å². The minimum absolute atomic E-state index is 0.153. The summed E-state index contributed by atoms with van der Waals surface area (Å²) in [6, 6.07) is 13.3. The average molecular weight is 399 g/mol. The molecule has 1 aliphatic rings. The van der Waals surface area contributed by atoms with Gasteiger partial charge in [-0.25, -0.2) is 4.98 Å². The number of anilines is 1. The largest absolute Gasteiger partial charge is 0.317 e. The molecule has 3 aromatic heterocycles. The smallest absolute Gasteiger partial charge is 0.282 e. The Hall–Kier alpha value is -3.74. The standard InChI is InChI=1S/C23H21N5O2/c1-15-19-14-25-28(20-9-3-4-11-24-20)23(30)22(19)16(2)27(15)18-8-5-7-17(13-18)26-12-6-10-21(26)29/h3-5,7-9,11,13-14H,6,10,12H2,1-2H3. The summed E-state index contributed by atoms with van der Waals surface area (Å²) >= 11 is 0. The quantitative estimate of drug-likeness (QED) is 0.530. The van der Waals surface area contributed by atoms with Gasteiger partial charge in [-0.3, -0.25) is 9.59 Å². The predicted octanol–water partition coefficient (Wildman–Crippen LogP) is 3.32. The van der Waals surface area contributed by atoms with Crippen LogP contribution in [-0.2, 0) is 4.79 Å². The Labute approximate surface area is 173 Å². The van der Waals surface area contributed by atoms with Gasteiger partial charge in [0.25, 0.3) is 5.56 Å². The van der Waals surface area contributed by atoms with Crippen LogP contribution in [0.1, 0.15) is 24.2 Å². The van der Waals surface area contributed by atoms with Crippen LogP contribution in [0, 0.1) is 13.8 Å². The minimum Gasteiger partial charge on any atom is -0.317 e. The van der Waals surface area contributed by atoms with Gasteiger partial charge in [0.15, 0.2) is 5.82 Å². The third-order valence-electron chi connectivity index (χ3n) is 5.74. The Morgan fingerprint density at radius 2 is 1.80 bits per heavy atom. The molecule has 7 nitrogen and oxygen atoms in total. The first-order valence-corrected chi connectivity index (χ1v) is 9.98. The van der Waals surface area contributed by atoms with Crippen molar-refractivity contribution in [1.29, 1.82) is 0 Å². The summed E-state index contributed by atoms with van der Waals surface area (Å²) < 4.78 is 3.39. The van der Waals surface area contributed by atoms with Crippen LogP contribution in [0.5, 0.6) is 0 Å². The number of rotatable bonds is 3. The summed E-state index contributed by atoms with van der Waals surface area (Å²) in [6.45, 7) is 4.66. The molecule has 0 aliphatic carbocycles. The van der Waals surface area contributed by atoms with E-state index in [1.165, 1.54) is 4.68 Å². The van der Waals surface area contributed by atoms with Gasteiger partial charge in [0.1, 0.15) is 0 Å². The van der Waals surface area contributed by atoms with E-state index in [0.29, 0.717) is 17.6 Å². The van der Waals surface area contributed by atoms with Crippen LogP contribution in [0.15, 0.2) is 59.7 Å². The fourth-order valence-corrected chi connectivity index (χ4v) is 4.31. The van der Waals surface area contributed by atoms with Crippen molar-refractivity contribution in [2.75, 3.05) is 11.4 Å². The first kappa shape index (κ1) is 18.3. The molecule has 0 N–H and O–H groups in total. The summed E-state index contributed by atoms with van der Waals surface area (Å²) in [5.41, 5.74) is 3.38. The molecule has 4 aromatic rings. The third-order valence-corrected chi connectivity index (χ3v) is 5.74. The molecule has 1 amide bonds. The molecule has 1 fully saturated rings. The molecule has 150 valence electrons. The van der Waals surface area contributed by atoms with E-state index in [4.69, 9.17) is 0 Å². The summed E-state index contributed by atoms with van der Waals surface area (Å²) in [7, 11) is 0. The highest BCUT2D eigenvalue weighted by molar-refractivity contribution is 5.95. The predicted molar refractivity (Wildman–Crippen MR) is 116 cm³/mol. The number of carbonyl (C=O) groups excluding carboxylic acids is 1. The number of hydrogen-bond acceptors (Lipinski definition) is 4. The van der Waals surface area contributed by atoms with Crippen molar-refractivity contribution in [2.45, 2.75) is 26.7 Å². The summed E-state index contributed by atoms with van der Waals surface area (Å²) in [5, 5.41) is 5.79. The monoisotopic (exact) mass is 399 g/mol. The number of fused-ring (bicyclic) bond motifs is 1. The van der Waals surface area contributed by atoms with Crippen LogP contribution < -0.4 is 10.5 Å². The van der Waals surface area contributed by atoms with Crippen molar-refractivity contribution >= 4 is 22.4 Å². The first-order valence-electron chi connectivity index (χ1n) is 9.98. The first-order chi connectivity index (χ1) is 14.6. The van der Waals surface area contributed by atoms with E-state index >= 15 is 0 Å². The van der Waals surface area contributed by atoms with Crippen LogP contribution in [0.4, 0.5) is 5.69 Å². The molecule has 0 unspecified atom stereocenters. The topological polar surface area (TPSA) is 73.0 Å².